The lowest BCUT2D eigenvalue weighted by atomic mass is 9.97. The van der Waals surface area contributed by atoms with Crippen molar-refractivity contribution in [1.29, 1.82) is 0 Å². The van der Waals surface area contributed by atoms with Gasteiger partial charge in [-0.1, -0.05) is 39.3 Å². The van der Waals surface area contributed by atoms with Gasteiger partial charge in [-0.2, -0.15) is 0 Å². The largest absolute Gasteiger partial charge is 0.461 e. The molecule has 2 heteroatoms. The van der Waals surface area contributed by atoms with Gasteiger partial charge in [0.1, 0.15) is 11.5 Å². The zero-order chi connectivity index (χ0) is 14.3. The Morgan fingerprint density at radius 2 is 1.95 bits per heavy atom. The molecule has 0 aliphatic carbocycles. The maximum Gasteiger partial charge on any atom is 0.134 e. The Balaban J connectivity index is 3.39. The summed E-state index contributed by atoms with van der Waals surface area (Å²) in [5.41, 5.74) is 3.34. The van der Waals surface area contributed by atoms with E-state index in [1.807, 2.05) is 19.1 Å². The summed E-state index contributed by atoms with van der Waals surface area (Å²) in [6.07, 6.45) is 10.0. The zero-order valence-electron chi connectivity index (χ0n) is 12.6. The standard InChI is InChI=1S/C17H26O2/c1-5-9-11-13(12-18)17-14(7-3)15(8-4)19-16(17)10-6-2/h6,10-11,18H,5,7-9,12H2,1-4H3/b10-6-,13-11+. The van der Waals surface area contributed by atoms with Gasteiger partial charge in [-0.25, -0.2) is 0 Å². The number of aryl methyl sites for hydroxylation is 1. The monoisotopic (exact) mass is 262 g/mol. The number of rotatable bonds is 7. The van der Waals surface area contributed by atoms with Gasteiger partial charge in [-0.15, -0.1) is 0 Å². The van der Waals surface area contributed by atoms with Crippen molar-refractivity contribution in [1.82, 2.24) is 0 Å². The van der Waals surface area contributed by atoms with Crippen molar-refractivity contribution >= 4 is 11.6 Å². The van der Waals surface area contributed by atoms with Crippen molar-refractivity contribution in [3.8, 4) is 0 Å². The van der Waals surface area contributed by atoms with Crippen LogP contribution in [-0.2, 0) is 12.8 Å². The van der Waals surface area contributed by atoms with Crippen LogP contribution in [0.5, 0.6) is 0 Å². The molecular weight excluding hydrogens is 236 g/mol. The summed E-state index contributed by atoms with van der Waals surface area (Å²) in [7, 11) is 0. The first-order chi connectivity index (χ1) is 9.23. The van der Waals surface area contributed by atoms with Gasteiger partial charge in [0.2, 0.25) is 0 Å². The van der Waals surface area contributed by atoms with Crippen LogP contribution in [0.25, 0.3) is 11.6 Å². The van der Waals surface area contributed by atoms with Crippen LogP contribution in [0.1, 0.15) is 63.2 Å². The van der Waals surface area contributed by atoms with E-state index in [0.29, 0.717) is 0 Å². The molecule has 0 aliphatic heterocycles. The van der Waals surface area contributed by atoms with Crippen molar-refractivity contribution in [2.24, 2.45) is 0 Å². The molecule has 0 bridgehead atoms. The van der Waals surface area contributed by atoms with Gasteiger partial charge in [0.15, 0.2) is 0 Å². The van der Waals surface area contributed by atoms with Gasteiger partial charge in [0.25, 0.3) is 0 Å². The molecule has 2 nitrogen and oxygen atoms in total. The van der Waals surface area contributed by atoms with Gasteiger partial charge < -0.3 is 9.52 Å². The Morgan fingerprint density at radius 3 is 2.42 bits per heavy atom. The van der Waals surface area contributed by atoms with E-state index in [9.17, 15) is 5.11 Å². The molecule has 0 aliphatic rings. The summed E-state index contributed by atoms with van der Waals surface area (Å²) in [5.74, 6) is 1.93. The van der Waals surface area contributed by atoms with Crippen LogP contribution < -0.4 is 0 Å². The van der Waals surface area contributed by atoms with Crippen LogP contribution in [0.4, 0.5) is 0 Å². The quantitative estimate of drug-likeness (QED) is 0.778. The minimum absolute atomic E-state index is 0.0697. The van der Waals surface area contributed by atoms with Crippen LogP contribution in [-0.4, -0.2) is 11.7 Å². The summed E-state index contributed by atoms with van der Waals surface area (Å²) in [5, 5.41) is 9.67. The second-order valence-electron chi connectivity index (χ2n) is 4.63. The highest BCUT2D eigenvalue weighted by Crippen LogP contribution is 2.31. The third-order valence-electron chi connectivity index (χ3n) is 3.28. The predicted molar refractivity (Wildman–Crippen MR) is 82.1 cm³/mol. The molecule has 1 N–H and O–H groups in total. The molecule has 0 atom stereocenters. The van der Waals surface area contributed by atoms with E-state index in [0.717, 1.165) is 48.3 Å². The first kappa shape index (κ1) is 15.8. The Morgan fingerprint density at radius 1 is 1.21 bits per heavy atom. The topological polar surface area (TPSA) is 33.4 Å². The summed E-state index contributed by atoms with van der Waals surface area (Å²) < 4.78 is 5.95. The molecule has 1 aromatic heterocycles. The van der Waals surface area contributed by atoms with Crippen molar-refractivity contribution in [3.05, 3.63) is 34.8 Å². The molecule has 0 saturated heterocycles. The fraction of sp³-hybridized carbons (Fsp3) is 0.529. The van der Waals surface area contributed by atoms with Crippen molar-refractivity contribution in [2.45, 2.75) is 53.4 Å². The molecule has 0 saturated carbocycles. The van der Waals surface area contributed by atoms with Gasteiger partial charge in [-0.3, -0.25) is 0 Å². The zero-order valence-corrected chi connectivity index (χ0v) is 12.6. The van der Waals surface area contributed by atoms with Gasteiger partial charge in [-0.05, 0) is 31.4 Å². The fourth-order valence-corrected chi connectivity index (χ4v) is 2.38. The van der Waals surface area contributed by atoms with Gasteiger partial charge in [0, 0.05) is 17.5 Å². The van der Waals surface area contributed by atoms with Crippen LogP contribution in [0.2, 0.25) is 0 Å². The molecule has 0 radical (unpaired) electrons. The van der Waals surface area contributed by atoms with E-state index in [-0.39, 0.29) is 6.61 Å². The first-order valence-electron chi connectivity index (χ1n) is 7.30. The van der Waals surface area contributed by atoms with E-state index in [2.05, 4.69) is 26.8 Å². The summed E-state index contributed by atoms with van der Waals surface area (Å²) in [6.45, 7) is 8.45. The van der Waals surface area contributed by atoms with Gasteiger partial charge in [0.05, 0.1) is 6.61 Å². The average Bonchev–Trinajstić information content (AvgIpc) is 2.78. The highest BCUT2D eigenvalue weighted by molar-refractivity contribution is 5.76. The highest BCUT2D eigenvalue weighted by Gasteiger charge is 2.18. The lowest BCUT2D eigenvalue weighted by Gasteiger charge is -2.06. The summed E-state index contributed by atoms with van der Waals surface area (Å²) in [4.78, 5) is 0. The smallest absolute Gasteiger partial charge is 0.134 e. The van der Waals surface area contributed by atoms with Crippen molar-refractivity contribution in [3.63, 3.8) is 0 Å². The van der Waals surface area contributed by atoms with E-state index in [1.165, 1.54) is 5.56 Å². The normalized spacial score (nSPS) is 12.6. The van der Waals surface area contributed by atoms with Crippen molar-refractivity contribution < 1.29 is 9.52 Å². The van der Waals surface area contributed by atoms with E-state index in [4.69, 9.17) is 4.42 Å². The van der Waals surface area contributed by atoms with E-state index in [1.54, 1.807) is 0 Å². The number of hydrogen-bond acceptors (Lipinski definition) is 2. The Kier molecular flexibility index (Phi) is 6.65. The maximum atomic E-state index is 9.67. The molecular formula is C17H26O2. The van der Waals surface area contributed by atoms with Crippen LogP contribution in [0.15, 0.2) is 16.6 Å². The molecule has 0 amide bonds. The molecule has 0 unspecified atom stereocenters. The maximum absolute atomic E-state index is 9.67. The number of allylic oxidation sites excluding steroid dienone is 2. The lowest BCUT2D eigenvalue weighted by molar-refractivity contribution is 0.349. The molecule has 1 aromatic rings. The molecule has 19 heavy (non-hydrogen) atoms. The summed E-state index contributed by atoms with van der Waals surface area (Å²) in [6, 6.07) is 0. The first-order valence-corrected chi connectivity index (χ1v) is 7.30. The van der Waals surface area contributed by atoms with Crippen molar-refractivity contribution in [2.75, 3.05) is 6.61 Å². The summed E-state index contributed by atoms with van der Waals surface area (Å²) >= 11 is 0. The van der Waals surface area contributed by atoms with Crippen LogP contribution in [0, 0.1) is 0 Å². The molecule has 1 heterocycles. The minimum Gasteiger partial charge on any atom is -0.461 e. The minimum atomic E-state index is 0.0697. The van der Waals surface area contributed by atoms with Crippen LogP contribution >= 0.6 is 0 Å². The number of unbranched alkanes of at least 4 members (excludes halogenated alkanes) is 1. The fourth-order valence-electron chi connectivity index (χ4n) is 2.38. The molecule has 0 fully saturated rings. The number of hydrogen-bond donors (Lipinski definition) is 1. The van der Waals surface area contributed by atoms with E-state index < -0.39 is 0 Å². The molecule has 1 rings (SSSR count). The Bertz CT molecular complexity index is 450. The Hall–Kier alpha value is -1.28. The molecule has 106 valence electrons. The number of furan rings is 1. The SMILES string of the molecule is C/C=C\c1oc(CC)c(CC)c1/C(=C/CCC)CO. The average molecular weight is 262 g/mol. The third-order valence-corrected chi connectivity index (χ3v) is 3.28. The second kappa shape index (κ2) is 8.00. The van der Waals surface area contributed by atoms with E-state index >= 15 is 0 Å². The van der Waals surface area contributed by atoms with Gasteiger partial charge >= 0.3 is 0 Å². The second-order valence-corrected chi connectivity index (χ2v) is 4.63. The Labute approximate surface area is 116 Å². The predicted octanol–water partition coefficient (Wildman–Crippen LogP) is 4.61. The van der Waals surface area contributed by atoms with Crippen LogP contribution in [0.3, 0.4) is 0 Å². The third kappa shape index (κ3) is 3.60. The number of aliphatic hydroxyl groups excluding tert-OH is 1. The molecule has 0 spiro atoms. The lowest BCUT2D eigenvalue weighted by Crippen LogP contribution is -1.97. The highest BCUT2D eigenvalue weighted by atomic mass is 16.3. The molecule has 0 aromatic carbocycles. The number of aliphatic hydroxyl groups is 1.